The van der Waals surface area contributed by atoms with Crippen LogP contribution in [0.15, 0.2) is 30.3 Å². The number of nitrogens with one attached hydrogen (secondary N) is 1. The van der Waals surface area contributed by atoms with Gasteiger partial charge in [0.15, 0.2) is 0 Å². The van der Waals surface area contributed by atoms with Crippen molar-refractivity contribution in [2.24, 2.45) is 0 Å². The Balaban J connectivity index is 2.95. The molecular formula is C16H27N. The maximum atomic E-state index is 3.56. The van der Waals surface area contributed by atoms with Gasteiger partial charge in [-0.1, -0.05) is 63.9 Å². The number of likely N-dealkylation sites (N-methyl/N-ethyl adjacent to an activating group) is 1. The van der Waals surface area contributed by atoms with Crippen LogP contribution in [-0.4, -0.2) is 13.1 Å². The lowest BCUT2D eigenvalue weighted by molar-refractivity contribution is 0.338. The molecule has 0 aliphatic heterocycles. The van der Waals surface area contributed by atoms with Crippen LogP contribution < -0.4 is 5.32 Å². The minimum Gasteiger partial charge on any atom is -0.316 e. The Hall–Kier alpha value is -0.820. The molecule has 1 N–H and O–H groups in total. The van der Waals surface area contributed by atoms with Crippen molar-refractivity contribution < 1.29 is 0 Å². The zero-order valence-electron chi connectivity index (χ0n) is 11.6. The van der Waals surface area contributed by atoms with Gasteiger partial charge in [0.1, 0.15) is 0 Å². The van der Waals surface area contributed by atoms with E-state index in [1.807, 2.05) is 0 Å². The Morgan fingerprint density at radius 2 is 1.53 bits per heavy atom. The van der Waals surface area contributed by atoms with Crippen molar-refractivity contribution in [1.82, 2.24) is 5.32 Å². The normalized spacial score (nSPS) is 11.7. The lowest BCUT2D eigenvalue weighted by Crippen LogP contribution is -2.38. The van der Waals surface area contributed by atoms with Crippen LogP contribution in [0.3, 0.4) is 0 Å². The van der Waals surface area contributed by atoms with Gasteiger partial charge in [-0.2, -0.15) is 0 Å². The van der Waals surface area contributed by atoms with Crippen molar-refractivity contribution >= 4 is 0 Å². The Labute approximate surface area is 107 Å². The van der Waals surface area contributed by atoms with Gasteiger partial charge in [0, 0.05) is 12.0 Å². The molecule has 0 unspecified atom stereocenters. The fourth-order valence-electron chi connectivity index (χ4n) is 2.81. The van der Waals surface area contributed by atoms with Gasteiger partial charge in [-0.25, -0.2) is 0 Å². The summed E-state index contributed by atoms with van der Waals surface area (Å²) in [5.41, 5.74) is 1.84. The van der Waals surface area contributed by atoms with Gasteiger partial charge >= 0.3 is 0 Å². The monoisotopic (exact) mass is 233 g/mol. The predicted molar refractivity (Wildman–Crippen MR) is 76.5 cm³/mol. The van der Waals surface area contributed by atoms with Crippen LogP contribution in [0.2, 0.25) is 0 Å². The van der Waals surface area contributed by atoms with Crippen LogP contribution in [-0.2, 0) is 5.41 Å². The molecule has 0 saturated heterocycles. The topological polar surface area (TPSA) is 12.0 Å². The van der Waals surface area contributed by atoms with Crippen LogP contribution in [0.4, 0.5) is 0 Å². The van der Waals surface area contributed by atoms with E-state index in [2.05, 4.69) is 56.4 Å². The molecule has 0 aliphatic carbocycles. The van der Waals surface area contributed by atoms with Gasteiger partial charge in [0.25, 0.3) is 0 Å². The van der Waals surface area contributed by atoms with E-state index < -0.39 is 0 Å². The summed E-state index contributed by atoms with van der Waals surface area (Å²) in [6, 6.07) is 11.0. The van der Waals surface area contributed by atoms with Gasteiger partial charge in [-0.3, -0.25) is 0 Å². The molecule has 0 aromatic heterocycles. The van der Waals surface area contributed by atoms with Crippen LogP contribution in [0.25, 0.3) is 0 Å². The van der Waals surface area contributed by atoms with E-state index in [1.165, 1.54) is 31.2 Å². The number of rotatable bonds is 8. The van der Waals surface area contributed by atoms with Gasteiger partial charge in [-0.05, 0) is 24.9 Å². The first-order valence-corrected chi connectivity index (χ1v) is 7.05. The second-order valence-corrected chi connectivity index (χ2v) is 4.93. The molecule has 96 valence electrons. The summed E-state index contributed by atoms with van der Waals surface area (Å²) in [6.07, 6.45) is 5.05. The van der Waals surface area contributed by atoms with Crippen molar-refractivity contribution in [3.8, 4) is 0 Å². The van der Waals surface area contributed by atoms with Crippen molar-refractivity contribution in [3.05, 3.63) is 35.9 Å². The average molecular weight is 233 g/mol. The highest BCUT2D eigenvalue weighted by Gasteiger charge is 2.29. The number of hydrogen-bond donors (Lipinski definition) is 1. The highest BCUT2D eigenvalue weighted by atomic mass is 14.9. The summed E-state index contributed by atoms with van der Waals surface area (Å²) >= 11 is 0. The molecule has 1 heteroatoms. The molecule has 0 aliphatic rings. The van der Waals surface area contributed by atoms with Crippen LogP contribution in [0.1, 0.15) is 52.0 Å². The summed E-state index contributed by atoms with van der Waals surface area (Å²) in [7, 11) is 0. The molecule has 0 fully saturated rings. The molecule has 1 aromatic rings. The van der Waals surface area contributed by atoms with Crippen molar-refractivity contribution in [1.29, 1.82) is 0 Å². The summed E-state index contributed by atoms with van der Waals surface area (Å²) < 4.78 is 0. The Morgan fingerprint density at radius 3 is 2.00 bits per heavy atom. The standard InChI is InChI=1S/C16H27N/c1-4-12-16(13-5-2,14-17-6-3)15-10-8-7-9-11-15/h7-11,17H,4-6,12-14H2,1-3H3. The van der Waals surface area contributed by atoms with Gasteiger partial charge in [0.05, 0.1) is 0 Å². The average Bonchev–Trinajstić information content (AvgIpc) is 2.37. The summed E-state index contributed by atoms with van der Waals surface area (Å²) in [5, 5.41) is 3.56. The predicted octanol–water partition coefficient (Wildman–Crippen LogP) is 4.13. The van der Waals surface area contributed by atoms with Gasteiger partial charge < -0.3 is 5.32 Å². The maximum absolute atomic E-state index is 3.56. The number of benzene rings is 1. The highest BCUT2D eigenvalue weighted by Crippen LogP contribution is 2.33. The van der Waals surface area contributed by atoms with Crippen molar-refractivity contribution in [3.63, 3.8) is 0 Å². The second-order valence-electron chi connectivity index (χ2n) is 4.93. The van der Waals surface area contributed by atoms with E-state index in [1.54, 1.807) is 0 Å². The van der Waals surface area contributed by atoms with Crippen LogP contribution >= 0.6 is 0 Å². The van der Waals surface area contributed by atoms with Crippen molar-refractivity contribution in [2.45, 2.75) is 51.9 Å². The molecule has 17 heavy (non-hydrogen) atoms. The third-order valence-electron chi connectivity index (χ3n) is 3.56. The molecule has 0 amide bonds. The molecule has 0 saturated carbocycles. The molecule has 1 nitrogen and oxygen atoms in total. The largest absolute Gasteiger partial charge is 0.316 e. The fourth-order valence-corrected chi connectivity index (χ4v) is 2.81. The first kappa shape index (κ1) is 14.2. The first-order valence-electron chi connectivity index (χ1n) is 7.05. The smallest absolute Gasteiger partial charge is 0.00775 e. The maximum Gasteiger partial charge on any atom is 0.00775 e. The zero-order valence-corrected chi connectivity index (χ0v) is 11.6. The van der Waals surface area contributed by atoms with E-state index in [0.717, 1.165) is 13.1 Å². The Kier molecular flexibility index (Phi) is 6.28. The minimum atomic E-state index is 0.334. The molecular weight excluding hydrogens is 206 g/mol. The Morgan fingerprint density at radius 1 is 0.941 bits per heavy atom. The SMILES string of the molecule is CCCC(CCC)(CNCC)c1ccccc1. The third-order valence-corrected chi connectivity index (χ3v) is 3.56. The molecule has 0 atom stereocenters. The van der Waals surface area contributed by atoms with Crippen molar-refractivity contribution in [2.75, 3.05) is 13.1 Å². The lowest BCUT2D eigenvalue weighted by atomic mass is 9.73. The molecule has 0 radical (unpaired) electrons. The minimum absolute atomic E-state index is 0.334. The van der Waals surface area contributed by atoms with E-state index >= 15 is 0 Å². The van der Waals surface area contributed by atoms with Gasteiger partial charge in [-0.15, -0.1) is 0 Å². The Bertz CT molecular complexity index is 286. The molecule has 0 bridgehead atoms. The van der Waals surface area contributed by atoms with E-state index in [4.69, 9.17) is 0 Å². The first-order chi connectivity index (χ1) is 8.29. The van der Waals surface area contributed by atoms with E-state index in [-0.39, 0.29) is 0 Å². The van der Waals surface area contributed by atoms with E-state index in [0.29, 0.717) is 5.41 Å². The number of hydrogen-bond acceptors (Lipinski definition) is 1. The third kappa shape index (κ3) is 3.85. The van der Waals surface area contributed by atoms with E-state index in [9.17, 15) is 0 Å². The lowest BCUT2D eigenvalue weighted by Gasteiger charge is -2.34. The molecule has 1 aromatic carbocycles. The molecule has 0 heterocycles. The van der Waals surface area contributed by atoms with Gasteiger partial charge in [0.2, 0.25) is 0 Å². The highest BCUT2D eigenvalue weighted by molar-refractivity contribution is 5.26. The summed E-state index contributed by atoms with van der Waals surface area (Å²) in [5.74, 6) is 0. The molecule has 0 spiro atoms. The second kappa shape index (κ2) is 7.50. The van der Waals surface area contributed by atoms with Crippen LogP contribution in [0, 0.1) is 0 Å². The quantitative estimate of drug-likeness (QED) is 0.712. The van der Waals surface area contributed by atoms with Crippen LogP contribution in [0.5, 0.6) is 0 Å². The zero-order chi connectivity index (χ0) is 12.6. The fraction of sp³-hybridized carbons (Fsp3) is 0.625. The summed E-state index contributed by atoms with van der Waals surface area (Å²) in [6.45, 7) is 8.93. The summed E-state index contributed by atoms with van der Waals surface area (Å²) in [4.78, 5) is 0. The molecule has 1 rings (SSSR count).